The number of fused-ring (bicyclic) bond motifs is 5. The summed E-state index contributed by atoms with van der Waals surface area (Å²) in [5.41, 5.74) is 7.07. The van der Waals surface area contributed by atoms with Gasteiger partial charge in [-0.25, -0.2) is 9.48 Å². The predicted molar refractivity (Wildman–Crippen MR) is 224 cm³/mol. The highest BCUT2D eigenvalue weighted by Crippen LogP contribution is 2.41. The van der Waals surface area contributed by atoms with Crippen LogP contribution < -0.4 is 15.5 Å². The summed E-state index contributed by atoms with van der Waals surface area (Å²) in [7, 11) is 0. The molecule has 0 spiro atoms. The molecule has 2 heterocycles. The molecule has 0 aliphatic carbocycles. The Morgan fingerprint density at radius 1 is 0.750 bits per heavy atom. The second-order valence-corrected chi connectivity index (χ2v) is 14.9. The lowest BCUT2D eigenvalue weighted by atomic mass is 9.95. The van der Waals surface area contributed by atoms with Crippen LogP contribution in [0.2, 0.25) is 0 Å². The van der Waals surface area contributed by atoms with E-state index < -0.39 is 6.04 Å². The van der Waals surface area contributed by atoms with Crippen LogP contribution in [-0.4, -0.2) is 44.5 Å². The standard InChI is InChI=1S/C46H60N6O4/c1-4-7-8-9-10-11-29-42(54)40(48-46(56)47-36-23-20-21-34(5-2)32-36)27-18-19-31-52-45-39-26-15-16-28-41(39)51(43(55)30-17-13-24-37(53)6-3)33-35-22-12-14-25-38(35)44(45)49-50-52/h12,14-16,20-23,25-26,28,32,40H,4-11,13,17-19,24,27,29-31,33H2,1-3H3,(H2,47,48,56). The summed E-state index contributed by atoms with van der Waals surface area (Å²) in [6, 6.07) is 22.8. The zero-order valence-corrected chi connectivity index (χ0v) is 33.7. The molecule has 0 radical (unpaired) electrons. The Labute approximate surface area is 332 Å². The van der Waals surface area contributed by atoms with Crippen molar-refractivity contribution in [1.29, 1.82) is 0 Å². The van der Waals surface area contributed by atoms with Gasteiger partial charge in [0.05, 0.1) is 24.0 Å². The van der Waals surface area contributed by atoms with E-state index >= 15 is 0 Å². The van der Waals surface area contributed by atoms with Crippen molar-refractivity contribution in [2.75, 3.05) is 10.2 Å². The predicted octanol–water partition coefficient (Wildman–Crippen LogP) is 10.2. The third-order valence-corrected chi connectivity index (χ3v) is 10.8. The van der Waals surface area contributed by atoms with Crippen molar-refractivity contribution in [1.82, 2.24) is 20.3 Å². The molecule has 3 amide bonds. The second-order valence-electron chi connectivity index (χ2n) is 14.9. The molecular formula is C46H60N6O4. The Kier molecular flexibility index (Phi) is 16.4. The lowest BCUT2D eigenvalue weighted by Crippen LogP contribution is -2.43. The van der Waals surface area contributed by atoms with Crippen molar-refractivity contribution in [3.05, 3.63) is 83.9 Å². The molecule has 2 N–H and O–H groups in total. The number of para-hydroxylation sites is 1. The number of anilines is 2. The van der Waals surface area contributed by atoms with E-state index in [2.05, 4.69) is 29.7 Å². The Morgan fingerprint density at radius 3 is 2.29 bits per heavy atom. The number of ketones is 2. The van der Waals surface area contributed by atoms with Crippen molar-refractivity contribution in [2.24, 2.45) is 0 Å². The third-order valence-electron chi connectivity index (χ3n) is 10.8. The normalized spacial score (nSPS) is 12.4. The summed E-state index contributed by atoms with van der Waals surface area (Å²) in [4.78, 5) is 54.4. The van der Waals surface area contributed by atoms with Gasteiger partial charge in [0.15, 0.2) is 5.78 Å². The summed E-state index contributed by atoms with van der Waals surface area (Å²) >= 11 is 0. The van der Waals surface area contributed by atoms with Gasteiger partial charge in [0.25, 0.3) is 0 Å². The number of aromatic nitrogens is 3. The van der Waals surface area contributed by atoms with Gasteiger partial charge >= 0.3 is 6.03 Å². The van der Waals surface area contributed by atoms with Crippen molar-refractivity contribution in [3.63, 3.8) is 0 Å². The zero-order chi connectivity index (χ0) is 39.7. The summed E-state index contributed by atoms with van der Waals surface area (Å²) < 4.78 is 1.92. The van der Waals surface area contributed by atoms with Crippen LogP contribution >= 0.6 is 0 Å². The van der Waals surface area contributed by atoms with Gasteiger partial charge in [0.1, 0.15) is 11.5 Å². The Morgan fingerprint density at radius 2 is 1.48 bits per heavy atom. The SMILES string of the molecule is CCCCCCCCC(=O)C(CCCCn1nnc2c1-c1ccccc1N(C(=O)CCCCC(=O)CC)Cc1ccccc1-2)NC(=O)Nc1cccc(CC)c1. The first kappa shape index (κ1) is 42.0. The summed E-state index contributed by atoms with van der Waals surface area (Å²) in [5.74, 6) is 0.308. The van der Waals surface area contributed by atoms with Crippen molar-refractivity contribution in [3.8, 4) is 22.5 Å². The fourth-order valence-corrected chi connectivity index (χ4v) is 7.48. The summed E-state index contributed by atoms with van der Waals surface area (Å²) in [6.45, 7) is 7.10. The molecule has 0 saturated heterocycles. The number of unbranched alkanes of at least 4 members (excludes halogenated alkanes) is 7. The van der Waals surface area contributed by atoms with Gasteiger partial charge in [0, 0.05) is 49.0 Å². The van der Waals surface area contributed by atoms with Gasteiger partial charge in [-0.15, -0.1) is 5.10 Å². The van der Waals surface area contributed by atoms with Crippen LogP contribution in [0, 0.1) is 0 Å². The number of benzene rings is 3. The summed E-state index contributed by atoms with van der Waals surface area (Å²) in [5, 5.41) is 15.3. The number of urea groups is 1. The number of hydrogen-bond acceptors (Lipinski definition) is 6. The molecule has 10 heteroatoms. The lowest BCUT2D eigenvalue weighted by Gasteiger charge is -2.29. The van der Waals surface area contributed by atoms with Crippen LogP contribution in [0.1, 0.15) is 128 Å². The lowest BCUT2D eigenvalue weighted by molar-refractivity contribution is -0.121. The minimum Gasteiger partial charge on any atom is -0.328 e. The molecule has 5 rings (SSSR count). The molecule has 1 aromatic heterocycles. The average Bonchev–Trinajstić information content (AvgIpc) is 3.63. The van der Waals surface area contributed by atoms with E-state index in [1.54, 1.807) is 0 Å². The Bertz CT molecular complexity index is 1920. The molecule has 0 fully saturated rings. The molecule has 1 aliphatic rings. The molecule has 1 atom stereocenters. The minimum absolute atomic E-state index is 0.0185. The minimum atomic E-state index is -0.594. The molecule has 1 aliphatic heterocycles. The maximum absolute atomic E-state index is 13.9. The molecule has 3 aromatic carbocycles. The molecular weight excluding hydrogens is 701 g/mol. The van der Waals surface area contributed by atoms with E-state index in [4.69, 9.17) is 5.10 Å². The Balaban J connectivity index is 1.30. The van der Waals surface area contributed by atoms with Crippen LogP contribution in [0.3, 0.4) is 0 Å². The highest BCUT2D eigenvalue weighted by Gasteiger charge is 2.29. The van der Waals surface area contributed by atoms with Gasteiger partial charge < -0.3 is 15.5 Å². The van der Waals surface area contributed by atoms with Crippen molar-refractivity contribution >= 4 is 34.9 Å². The number of amides is 3. The van der Waals surface area contributed by atoms with E-state index in [0.717, 1.165) is 65.0 Å². The molecule has 0 saturated carbocycles. The van der Waals surface area contributed by atoms with E-state index in [0.29, 0.717) is 76.6 Å². The van der Waals surface area contributed by atoms with E-state index in [9.17, 15) is 19.2 Å². The number of Topliss-reactive ketones (excluding diaryl/α,β-unsaturated/α-hetero) is 2. The number of aryl methyl sites for hydroxylation is 2. The quantitative estimate of drug-likeness (QED) is 0.0768. The van der Waals surface area contributed by atoms with Crippen LogP contribution in [-0.2, 0) is 33.9 Å². The smallest absolute Gasteiger partial charge is 0.319 e. The molecule has 298 valence electrons. The van der Waals surface area contributed by atoms with Crippen molar-refractivity contribution in [2.45, 2.75) is 143 Å². The van der Waals surface area contributed by atoms with Gasteiger partial charge in [-0.3, -0.25) is 14.4 Å². The number of rotatable bonds is 22. The maximum atomic E-state index is 13.9. The van der Waals surface area contributed by atoms with Crippen molar-refractivity contribution < 1.29 is 19.2 Å². The monoisotopic (exact) mass is 760 g/mol. The number of carbonyl (C=O) groups is 4. The molecule has 4 aromatic rings. The maximum Gasteiger partial charge on any atom is 0.319 e. The first-order chi connectivity index (χ1) is 27.3. The van der Waals surface area contributed by atoms with Crippen LogP contribution in [0.25, 0.3) is 22.5 Å². The van der Waals surface area contributed by atoms with Gasteiger partial charge in [-0.2, -0.15) is 0 Å². The fourth-order valence-electron chi connectivity index (χ4n) is 7.48. The van der Waals surface area contributed by atoms with Gasteiger partial charge in [0.2, 0.25) is 5.91 Å². The average molecular weight is 761 g/mol. The Hall–Kier alpha value is -5.12. The number of carbonyl (C=O) groups excluding carboxylic acids is 4. The van der Waals surface area contributed by atoms with E-state index in [-0.39, 0.29) is 23.5 Å². The highest BCUT2D eigenvalue weighted by atomic mass is 16.2. The van der Waals surface area contributed by atoms with Crippen LogP contribution in [0.4, 0.5) is 16.2 Å². The zero-order valence-electron chi connectivity index (χ0n) is 33.7. The first-order valence-corrected chi connectivity index (χ1v) is 20.9. The molecule has 0 bridgehead atoms. The van der Waals surface area contributed by atoms with Gasteiger partial charge in [-0.05, 0) is 74.3 Å². The first-order valence-electron chi connectivity index (χ1n) is 20.9. The molecule has 10 nitrogen and oxygen atoms in total. The fraction of sp³-hybridized carbons (Fsp3) is 0.478. The third kappa shape index (κ3) is 11.7. The highest BCUT2D eigenvalue weighted by molar-refractivity contribution is 6.00. The molecule has 56 heavy (non-hydrogen) atoms. The van der Waals surface area contributed by atoms with Crippen LogP contribution in [0.15, 0.2) is 72.8 Å². The van der Waals surface area contributed by atoms with E-state index in [1.165, 1.54) is 19.3 Å². The summed E-state index contributed by atoms with van der Waals surface area (Å²) in [6.07, 6.45) is 12.5. The second kappa shape index (κ2) is 21.8. The van der Waals surface area contributed by atoms with Gasteiger partial charge in [-0.1, -0.05) is 113 Å². The topological polar surface area (TPSA) is 126 Å². The number of hydrogen-bond donors (Lipinski definition) is 2. The number of nitrogens with zero attached hydrogens (tertiary/aromatic N) is 4. The van der Waals surface area contributed by atoms with Crippen LogP contribution in [0.5, 0.6) is 0 Å². The number of nitrogens with one attached hydrogen (secondary N) is 2. The van der Waals surface area contributed by atoms with E-state index in [1.807, 2.05) is 89.3 Å². The largest absolute Gasteiger partial charge is 0.328 e. The molecule has 1 unspecified atom stereocenters.